The van der Waals surface area contributed by atoms with Crippen molar-refractivity contribution in [3.05, 3.63) is 67.1 Å². The molecule has 0 radical (unpaired) electrons. The first-order valence-electron chi connectivity index (χ1n) is 8.99. The summed E-state index contributed by atoms with van der Waals surface area (Å²) in [5, 5.41) is 5.73. The number of hydrogen-bond donors (Lipinski definition) is 2. The zero-order valence-electron chi connectivity index (χ0n) is 16.9. The van der Waals surface area contributed by atoms with E-state index in [1.54, 1.807) is 44.4 Å². The molecule has 0 unspecified atom stereocenters. The number of fused-ring (bicyclic) bond motifs is 1. The fourth-order valence-corrected chi connectivity index (χ4v) is 4.00. The molecule has 3 rings (SSSR count). The molecule has 0 aliphatic carbocycles. The Labute approximate surface area is 241 Å². The first-order valence-corrected chi connectivity index (χ1v) is 11.6. The van der Waals surface area contributed by atoms with Crippen molar-refractivity contribution in [3.63, 3.8) is 0 Å². The Kier molecular flexibility index (Phi) is 9.32. The topological polar surface area (TPSA) is 132 Å². The molecule has 0 saturated carbocycles. The van der Waals surface area contributed by atoms with Gasteiger partial charge >= 0.3 is 63.1 Å². The monoisotopic (exact) mass is 597 g/mol. The molecule has 166 valence electrons. The first-order chi connectivity index (χ1) is 14.4. The Hall–Kier alpha value is -1.00. The van der Waals surface area contributed by atoms with Crippen LogP contribution in [-0.4, -0.2) is 84.9 Å². The van der Waals surface area contributed by atoms with Crippen molar-refractivity contribution in [2.24, 2.45) is 5.14 Å². The predicted octanol–water partition coefficient (Wildman–Crippen LogP) is 2.32. The zero-order valence-corrected chi connectivity index (χ0v) is 19.9. The van der Waals surface area contributed by atoms with E-state index in [4.69, 9.17) is 14.3 Å². The molecule has 0 aliphatic rings. The van der Waals surface area contributed by atoms with Crippen LogP contribution in [0.4, 0.5) is 10.5 Å². The van der Waals surface area contributed by atoms with Gasteiger partial charge < -0.3 is 14.1 Å². The maximum atomic E-state index is 12.7. The van der Waals surface area contributed by atoms with Crippen molar-refractivity contribution >= 4 is 107 Å². The average molecular weight is 597 g/mol. The van der Waals surface area contributed by atoms with Crippen LogP contribution in [0.1, 0.15) is 16.7 Å². The summed E-state index contributed by atoms with van der Waals surface area (Å²) in [6, 6.07) is 9.89. The average Bonchev–Trinajstić information content (AvgIpc) is 2.65. The molecule has 0 atom stereocenters. The number of benzene rings is 2. The molecule has 0 aliphatic heterocycles. The van der Waals surface area contributed by atoms with Crippen molar-refractivity contribution < 1.29 is 22.4 Å². The van der Waals surface area contributed by atoms with E-state index in [0.717, 1.165) is 5.56 Å². The van der Waals surface area contributed by atoms with E-state index in [9.17, 15) is 18.0 Å². The van der Waals surface area contributed by atoms with Crippen molar-refractivity contribution in [3.8, 4) is 5.75 Å². The molecule has 2 aromatic carbocycles. The molecule has 12 heteroatoms. The summed E-state index contributed by atoms with van der Waals surface area (Å²) in [5.74, 6) is 0.295. The third-order valence-electron chi connectivity index (χ3n) is 4.47. The second kappa shape index (κ2) is 10.9. The molecule has 1 amide bonds. The number of rotatable bonds is 5. The van der Waals surface area contributed by atoms with Gasteiger partial charge in [0.2, 0.25) is 0 Å². The summed E-state index contributed by atoms with van der Waals surface area (Å²) in [5.41, 5.74) is 1.94. The molecule has 0 spiro atoms. The van der Waals surface area contributed by atoms with Crippen LogP contribution < -0.4 is 20.2 Å². The van der Waals surface area contributed by atoms with Gasteiger partial charge in [0.1, 0.15) is 11.3 Å². The van der Waals surface area contributed by atoms with Gasteiger partial charge in [-0.2, -0.15) is 8.42 Å². The van der Waals surface area contributed by atoms with Gasteiger partial charge in [-0.3, -0.25) is 4.72 Å². The summed E-state index contributed by atoms with van der Waals surface area (Å²) in [6.45, 7) is 1.81. The maximum absolute atomic E-state index is 12.7. The van der Waals surface area contributed by atoms with Crippen LogP contribution in [0.2, 0.25) is 0 Å². The third kappa shape index (κ3) is 6.76. The van der Waals surface area contributed by atoms with Crippen LogP contribution in [0, 0.1) is 10.5 Å². The summed E-state index contributed by atoms with van der Waals surface area (Å²) in [4.78, 5) is 25.8. The van der Waals surface area contributed by atoms with Crippen molar-refractivity contribution in [1.29, 1.82) is 0 Å². The van der Waals surface area contributed by atoms with Gasteiger partial charge in [-0.25, -0.2) is 14.7 Å². The standard InChI is InChI=1S/C20H20IN3O6S.K.H/c1-11-14-9-16(21)18(30-20(26)24(2)3)10-17(14)29-19(25)15(11)8-12-5-4-6-13(7-12)23-31(22,27)28;;/h4-7,9-10,23H,8H2,1-3H3,(H2,22,27,28);;. The third-order valence-corrected chi connectivity index (χ3v) is 5.83. The second-order valence-electron chi connectivity index (χ2n) is 7.06. The first kappa shape index (κ1) is 27.2. The fourth-order valence-electron chi connectivity index (χ4n) is 2.97. The Morgan fingerprint density at radius 3 is 2.56 bits per heavy atom. The van der Waals surface area contributed by atoms with E-state index >= 15 is 0 Å². The van der Waals surface area contributed by atoms with E-state index in [1.807, 2.05) is 6.92 Å². The van der Waals surface area contributed by atoms with Gasteiger partial charge in [0.05, 0.1) is 9.26 Å². The van der Waals surface area contributed by atoms with Crippen LogP contribution in [-0.2, 0) is 16.6 Å². The molecule has 3 N–H and O–H groups in total. The minimum absolute atomic E-state index is 0. The van der Waals surface area contributed by atoms with Crippen LogP contribution in [0.5, 0.6) is 5.75 Å². The summed E-state index contributed by atoms with van der Waals surface area (Å²) in [6.07, 6.45) is -0.306. The molecule has 0 fully saturated rings. The van der Waals surface area contributed by atoms with E-state index < -0.39 is 21.9 Å². The number of hydrogen-bond acceptors (Lipinski definition) is 6. The summed E-state index contributed by atoms with van der Waals surface area (Å²) < 4.78 is 36.2. The van der Waals surface area contributed by atoms with E-state index in [1.165, 1.54) is 11.0 Å². The van der Waals surface area contributed by atoms with E-state index in [2.05, 4.69) is 27.3 Å². The summed E-state index contributed by atoms with van der Waals surface area (Å²) >= 11 is 2.05. The molecule has 0 saturated heterocycles. The number of ether oxygens (including phenoxy) is 1. The number of nitrogens with one attached hydrogen (secondary N) is 1. The number of amides is 1. The zero-order chi connectivity index (χ0) is 22.9. The molecule has 1 aromatic heterocycles. The second-order valence-corrected chi connectivity index (χ2v) is 9.51. The predicted molar refractivity (Wildman–Crippen MR) is 133 cm³/mol. The van der Waals surface area contributed by atoms with Gasteiger partial charge in [-0.15, -0.1) is 0 Å². The number of halogens is 1. The van der Waals surface area contributed by atoms with Crippen molar-refractivity contribution in [1.82, 2.24) is 4.90 Å². The molecule has 1 heterocycles. The normalized spacial score (nSPS) is 11.0. The Balaban J connectivity index is 0.00000363. The number of nitrogens with zero attached hydrogens (tertiary/aromatic N) is 1. The van der Waals surface area contributed by atoms with Gasteiger partial charge in [0, 0.05) is 37.5 Å². The van der Waals surface area contributed by atoms with Gasteiger partial charge in [-0.1, -0.05) is 12.1 Å². The van der Waals surface area contributed by atoms with Crippen molar-refractivity contribution in [2.75, 3.05) is 18.8 Å². The number of carbonyl (C=O) groups excluding carboxylic acids is 1. The van der Waals surface area contributed by atoms with Crippen LogP contribution in [0.3, 0.4) is 0 Å². The SMILES string of the molecule is Cc1c(Cc2cccc(NS(N)(=O)=O)c2)c(=O)oc2cc(OC(=O)N(C)C)c(I)cc12.[KH]. The quantitative estimate of drug-likeness (QED) is 0.264. The van der Waals surface area contributed by atoms with Gasteiger partial charge in [-0.05, 0) is 58.8 Å². The number of nitrogens with two attached hydrogens (primary N) is 1. The number of carbonyl (C=O) groups is 1. The summed E-state index contributed by atoms with van der Waals surface area (Å²) in [7, 11) is -0.765. The van der Waals surface area contributed by atoms with Crippen LogP contribution >= 0.6 is 22.6 Å². The van der Waals surface area contributed by atoms with E-state index in [0.29, 0.717) is 37.1 Å². The number of anilines is 1. The van der Waals surface area contributed by atoms with Crippen LogP contribution in [0.25, 0.3) is 11.0 Å². The molecular formula is C20H21IKN3O6S. The molecule has 9 nitrogen and oxygen atoms in total. The molecule has 0 bridgehead atoms. The Bertz CT molecular complexity index is 1340. The molecular weight excluding hydrogens is 576 g/mol. The van der Waals surface area contributed by atoms with E-state index in [-0.39, 0.29) is 57.8 Å². The van der Waals surface area contributed by atoms with Gasteiger partial charge in [0.25, 0.3) is 10.2 Å². The Morgan fingerprint density at radius 1 is 1.25 bits per heavy atom. The van der Waals surface area contributed by atoms with Crippen molar-refractivity contribution in [2.45, 2.75) is 13.3 Å². The van der Waals surface area contributed by atoms with Crippen LogP contribution in [0.15, 0.2) is 45.6 Å². The Morgan fingerprint density at radius 2 is 1.94 bits per heavy atom. The molecule has 32 heavy (non-hydrogen) atoms. The van der Waals surface area contributed by atoms with Gasteiger partial charge in [0.15, 0.2) is 0 Å². The molecule has 3 aromatic rings. The fraction of sp³-hybridized carbons (Fsp3) is 0.200. The number of aryl methyl sites for hydroxylation is 1. The minimum atomic E-state index is -3.90.